The summed E-state index contributed by atoms with van der Waals surface area (Å²) in [6.07, 6.45) is -4.83. The van der Waals surface area contributed by atoms with Crippen LogP contribution in [0.4, 0.5) is 13.2 Å². The standard InChI is InChI=1S/C8H5BrF3N3O/c9-5-1-7(16-8(10,11)12)15-6(3-14)4(5)2-13/h1H,3,14H2. The normalized spacial score (nSPS) is 11.0. The Balaban J connectivity index is 3.17. The molecule has 0 spiro atoms. The van der Waals surface area contributed by atoms with Crippen LogP contribution in [0.25, 0.3) is 0 Å². The van der Waals surface area contributed by atoms with E-state index in [0.29, 0.717) is 0 Å². The van der Waals surface area contributed by atoms with Gasteiger partial charge in [0.1, 0.15) is 6.07 Å². The lowest BCUT2D eigenvalue weighted by Gasteiger charge is -2.10. The van der Waals surface area contributed by atoms with Crippen LogP contribution < -0.4 is 10.5 Å². The van der Waals surface area contributed by atoms with Gasteiger partial charge in [0, 0.05) is 17.1 Å². The minimum absolute atomic E-state index is 0.0381. The molecule has 0 unspecified atom stereocenters. The SMILES string of the molecule is N#Cc1c(Br)cc(OC(F)(F)F)nc1CN. The molecule has 16 heavy (non-hydrogen) atoms. The Bertz CT molecular complexity index is 441. The predicted octanol–water partition coefficient (Wildman–Crippen LogP) is 2.07. The van der Waals surface area contributed by atoms with Gasteiger partial charge < -0.3 is 10.5 Å². The Morgan fingerprint density at radius 2 is 2.19 bits per heavy atom. The average Bonchev–Trinajstić information content (AvgIpc) is 2.14. The zero-order valence-corrected chi connectivity index (χ0v) is 9.26. The zero-order valence-electron chi connectivity index (χ0n) is 7.68. The minimum atomic E-state index is -4.83. The molecular weight excluding hydrogens is 291 g/mol. The molecule has 0 aromatic carbocycles. The molecule has 0 amide bonds. The first kappa shape index (κ1) is 12.7. The monoisotopic (exact) mass is 295 g/mol. The van der Waals surface area contributed by atoms with E-state index >= 15 is 0 Å². The summed E-state index contributed by atoms with van der Waals surface area (Å²) in [6.45, 7) is -0.156. The van der Waals surface area contributed by atoms with Crippen LogP contribution in [0.3, 0.4) is 0 Å². The smallest absolute Gasteiger partial charge is 0.388 e. The fourth-order valence-electron chi connectivity index (χ4n) is 0.976. The van der Waals surface area contributed by atoms with Gasteiger partial charge in [0.25, 0.3) is 0 Å². The first-order chi connectivity index (χ1) is 7.37. The van der Waals surface area contributed by atoms with Gasteiger partial charge in [0.2, 0.25) is 5.88 Å². The summed E-state index contributed by atoms with van der Waals surface area (Å²) in [6, 6.07) is 2.74. The van der Waals surface area contributed by atoms with Crippen LogP contribution in [0, 0.1) is 11.3 Å². The second-order valence-corrected chi connectivity index (χ2v) is 3.48. The highest BCUT2D eigenvalue weighted by atomic mass is 79.9. The van der Waals surface area contributed by atoms with E-state index in [-0.39, 0.29) is 22.3 Å². The van der Waals surface area contributed by atoms with Crippen molar-refractivity contribution in [2.45, 2.75) is 12.9 Å². The summed E-state index contributed by atoms with van der Waals surface area (Å²) >= 11 is 2.94. The van der Waals surface area contributed by atoms with Gasteiger partial charge in [-0.3, -0.25) is 0 Å². The molecule has 0 bridgehead atoms. The van der Waals surface area contributed by atoms with Gasteiger partial charge in [-0.2, -0.15) is 5.26 Å². The lowest BCUT2D eigenvalue weighted by Crippen LogP contribution is -2.19. The molecule has 86 valence electrons. The van der Waals surface area contributed by atoms with Crippen molar-refractivity contribution in [2.24, 2.45) is 5.73 Å². The molecule has 0 fully saturated rings. The van der Waals surface area contributed by atoms with Gasteiger partial charge >= 0.3 is 6.36 Å². The average molecular weight is 296 g/mol. The molecule has 0 aliphatic rings. The van der Waals surface area contributed by atoms with Crippen molar-refractivity contribution in [2.75, 3.05) is 0 Å². The van der Waals surface area contributed by atoms with E-state index in [1.54, 1.807) is 6.07 Å². The Labute approximate surface area is 97.0 Å². The van der Waals surface area contributed by atoms with E-state index < -0.39 is 12.2 Å². The number of aromatic nitrogens is 1. The van der Waals surface area contributed by atoms with Crippen molar-refractivity contribution in [3.63, 3.8) is 0 Å². The molecule has 1 rings (SSSR count). The number of hydrogen-bond acceptors (Lipinski definition) is 4. The van der Waals surface area contributed by atoms with Gasteiger partial charge in [-0.05, 0) is 15.9 Å². The van der Waals surface area contributed by atoms with Gasteiger partial charge in [0.15, 0.2) is 0 Å². The fraction of sp³-hybridized carbons (Fsp3) is 0.250. The molecule has 1 aromatic heterocycles. The van der Waals surface area contributed by atoms with E-state index in [1.165, 1.54) is 0 Å². The van der Waals surface area contributed by atoms with Crippen LogP contribution in [-0.4, -0.2) is 11.3 Å². The molecule has 4 nitrogen and oxygen atoms in total. The lowest BCUT2D eigenvalue weighted by atomic mass is 10.2. The minimum Gasteiger partial charge on any atom is -0.388 e. The highest BCUT2D eigenvalue weighted by Crippen LogP contribution is 2.27. The molecule has 0 radical (unpaired) electrons. The molecule has 0 aliphatic heterocycles. The van der Waals surface area contributed by atoms with Crippen LogP contribution in [0.5, 0.6) is 5.88 Å². The Hall–Kier alpha value is -1.33. The van der Waals surface area contributed by atoms with Crippen molar-refractivity contribution in [1.82, 2.24) is 4.98 Å². The number of nitrogens with two attached hydrogens (primary N) is 1. The number of ether oxygens (including phenoxy) is 1. The Kier molecular flexibility index (Phi) is 3.72. The van der Waals surface area contributed by atoms with E-state index in [4.69, 9.17) is 11.0 Å². The van der Waals surface area contributed by atoms with Crippen LogP contribution in [0.1, 0.15) is 11.3 Å². The molecule has 0 aliphatic carbocycles. The number of nitriles is 1. The van der Waals surface area contributed by atoms with Crippen LogP contribution in [0.15, 0.2) is 10.5 Å². The van der Waals surface area contributed by atoms with Crippen molar-refractivity contribution < 1.29 is 17.9 Å². The molecule has 0 atom stereocenters. The summed E-state index contributed by atoms with van der Waals surface area (Å²) in [4.78, 5) is 3.49. The van der Waals surface area contributed by atoms with E-state index in [0.717, 1.165) is 6.07 Å². The van der Waals surface area contributed by atoms with Crippen LogP contribution in [0.2, 0.25) is 0 Å². The molecule has 1 heterocycles. The maximum absolute atomic E-state index is 11.9. The van der Waals surface area contributed by atoms with Crippen molar-refractivity contribution >= 4 is 15.9 Å². The van der Waals surface area contributed by atoms with Gasteiger partial charge in [0.05, 0.1) is 11.3 Å². The van der Waals surface area contributed by atoms with Crippen LogP contribution in [-0.2, 0) is 6.54 Å². The zero-order chi connectivity index (χ0) is 12.3. The largest absolute Gasteiger partial charge is 0.574 e. The second kappa shape index (κ2) is 4.67. The quantitative estimate of drug-likeness (QED) is 0.907. The molecule has 0 saturated carbocycles. The third-order valence-corrected chi connectivity index (χ3v) is 2.17. The van der Waals surface area contributed by atoms with E-state index in [1.807, 2.05) is 0 Å². The van der Waals surface area contributed by atoms with Gasteiger partial charge in [-0.25, -0.2) is 4.98 Å². The summed E-state index contributed by atoms with van der Waals surface area (Å²) in [7, 11) is 0. The first-order valence-electron chi connectivity index (χ1n) is 3.92. The van der Waals surface area contributed by atoms with Gasteiger partial charge in [-0.1, -0.05) is 0 Å². The van der Waals surface area contributed by atoms with Crippen molar-refractivity contribution in [1.29, 1.82) is 5.26 Å². The van der Waals surface area contributed by atoms with Crippen molar-refractivity contribution in [3.05, 3.63) is 21.8 Å². The molecule has 2 N–H and O–H groups in total. The maximum Gasteiger partial charge on any atom is 0.574 e. The Morgan fingerprint density at radius 3 is 2.62 bits per heavy atom. The van der Waals surface area contributed by atoms with Gasteiger partial charge in [-0.15, -0.1) is 13.2 Å². The lowest BCUT2D eigenvalue weighted by molar-refractivity contribution is -0.276. The fourth-order valence-corrected chi connectivity index (χ4v) is 1.49. The summed E-state index contributed by atoms with van der Waals surface area (Å²) in [5.74, 6) is -0.654. The number of halogens is 4. The number of nitrogens with zero attached hydrogens (tertiary/aromatic N) is 2. The maximum atomic E-state index is 11.9. The van der Waals surface area contributed by atoms with E-state index in [9.17, 15) is 13.2 Å². The number of pyridine rings is 1. The number of rotatable bonds is 2. The van der Waals surface area contributed by atoms with Crippen molar-refractivity contribution in [3.8, 4) is 11.9 Å². The molecular formula is C8H5BrF3N3O. The highest BCUT2D eigenvalue weighted by molar-refractivity contribution is 9.10. The number of alkyl halides is 3. The third-order valence-electron chi connectivity index (χ3n) is 1.55. The van der Waals surface area contributed by atoms with E-state index in [2.05, 4.69) is 25.7 Å². The highest BCUT2D eigenvalue weighted by Gasteiger charge is 2.32. The predicted molar refractivity (Wildman–Crippen MR) is 51.2 cm³/mol. The Morgan fingerprint density at radius 1 is 1.56 bits per heavy atom. The summed E-state index contributed by atoms with van der Waals surface area (Å²) in [5.41, 5.74) is 5.39. The second-order valence-electron chi connectivity index (χ2n) is 2.63. The van der Waals surface area contributed by atoms with Crippen LogP contribution >= 0.6 is 15.9 Å². The third kappa shape index (κ3) is 3.08. The topological polar surface area (TPSA) is 71.9 Å². The number of hydrogen-bond donors (Lipinski definition) is 1. The summed E-state index contributed by atoms with van der Waals surface area (Å²) < 4.78 is 39.5. The molecule has 0 saturated heterocycles. The first-order valence-corrected chi connectivity index (χ1v) is 4.72. The molecule has 8 heteroatoms. The molecule has 1 aromatic rings. The summed E-state index contributed by atoms with van der Waals surface area (Å²) in [5, 5.41) is 8.72.